The van der Waals surface area contributed by atoms with Gasteiger partial charge in [-0.15, -0.1) is 0 Å². The summed E-state index contributed by atoms with van der Waals surface area (Å²) in [4.78, 5) is 52.0. The van der Waals surface area contributed by atoms with Crippen molar-refractivity contribution in [3.8, 4) is 0 Å². The van der Waals surface area contributed by atoms with Crippen molar-refractivity contribution < 1.29 is 272 Å². The predicted octanol–water partition coefficient (Wildman–Crippen LogP) is -23.4. The molecule has 11 aliphatic rings. The van der Waals surface area contributed by atoms with Crippen LogP contribution in [0.2, 0.25) is 0 Å². The summed E-state index contributed by atoms with van der Waals surface area (Å²) in [6.07, 6.45) is -107. The van der Waals surface area contributed by atoms with Crippen molar-refractivity contribution in [2.45, 2.75) is 372 Å². The van der Waals surface area contributed by atoms with E-state index in [0.29, 0.717) is 0 Å². The van der Waals surface area contributed by atoms with Crippen LogP contribution in [-0.2, 0) is 119 Å². The molecule has 59 nitrogen and oxygen atoms in total. The van der Waals surface area contributed by atoms with Crippen molar-refractivity contribution in [1.82, 2.24) is 21.3 Å². The Morgan fingerprint density at radius 2 is 0.459 bits per heavy atom. The quantitative estimate of drug-likeness (QED) is 0.0284. The molecule has 11 saturated heterocycles. The van der Waals surface area contributed by atoms with Crippen molar-refractivity contribution in [3.63, 3.8) is 0 Å². The second-order valence-electron chi connectivity index (χ2n) is 33.8. The molecule has 11 aliphatic heterocycles. The second-order valence-corrected chi connectivity index (χ2v) is 33.8. The molecule has 0 spiro atoms. The number of amides is 4. The van der Waals surface area contributed by atoms with Crippen molar-refractivity contribution in [3.05, 3.63) is 0 Å². The third-order valence-electron chi connectivity index (χ3n) is 24.5. The molecule has 0 aromatic rings. The Bertz CT molecular complexity index is 3630. The Hall–Kier alpha value is -4.16. The molecule has 59 heteroatoms. The molecule has 0 aromatic carbocycles. The number of nitrogens with one attached hydrogen (secondary N) is 4. The molecule has 0 aromatic heterocycles. The third kappa shape index (κ3) is 24.1. The molecular formula is C74H124N4O55. The number of aliphatic hydroxyl groups is 30. The largest absolute Gasteiger partial charge is 0.394 e. The van der Waals surface area contributed by atoms with E-state index in [4.69, 9.17) is 99.5 Å². The Balaban J connectivity index is 0.911. The maximum atomic E-state index is 13.3. The first kappa shape index (κ1) is 109. The van der Waals surface area contributed by atoms with Crippen molar-refractivity contribution in [2.24, 2.45) is 0 Å². The molecule has 0 aliphatic carbocycles. The molecule has 133 heavy (non-hydrogen) atoms. The first-order valence-corrected chi connectivity index (χ1v) is 42.5. The number of rotatable bonds is 34. The number of hydrogen-bond donors (Lipinski definition) is 34. The number of ether oxygens (including phenoxy) is 21. The molecular weight excluding hydrogens is 1820 g/mol. The van der Waals surface area contributed by atoms with E-state index in [0.717, 1.165) is 27.7 Å². The average molecular weight is 1950 g/mol. The van der Waals surface area contributed by atoms with Gasteiger partial charge in [0.1, 0.15) is 262 Å². The van der Waals surface area contributed by atoms with Crippen molar-refractivity contribution in [2.75, 3.05) is 66.1 Å². The summed E-state index contributed by atoms with van der Waals surface area (Å²) in [6, 6.07) is -7.87. The monoisotopic (exact) mass is 1950 g/mol. The van der Waals surface area contributed by atoms with E-state index in [-0.39, 0.29) is 0 Å². The Morgan fingerprint density at radius 3 is 0.842 bits per heavy atom. The molecule has 770 valence electrons. The molecule has 0 radical (unpaired) electrons. The molecule has 11 heterocycles. The van der Waals surface area contributed by atoms with Gasteiger partial charge in [0.05, 0.1) is 72.2 Å². The Labute approximate surface area is 752 Å². The van der Waals surface area contributed by atoms with Gasteiger partial charge in [-0.3, -0.25) is 19.2 Å². The molecule has 0 unspecified atom stereocenters. The second kappa shape index (κ2) is 47.6. The highest BCUT2D eigenvalue weighted by Gasteiger charge is 2.63. The third-order valence-corrected chi connectivity index (χ3v) is 24.5. The molecule has 11 fully saturated rings. The van der Waals surface area contributed by atoms with Crippen LogP contribution in [0, 0.1) is 0 Å². The number of carbonyl (C=O) groups is 4. The van der Waals surface area contributed by atoms with Gasteiger partial charge < -0.3 is 274 Å². The highest BCUT2D eigenvalue weighted by Crippen LogP contribution is 2.42. The Morgan fingerprint density at radius 1 is 0.211 bits per heavy atom. The van der Waals surface area contributed by atoms with Gasteiger partial charge in [-0.2, -0.15) is 0 Å². The van der Waals surface area contributed by atoms with E-state index in [9.17, 15) is 172 Å². The average Bonchev–Trinajstić information content (AvgIpc) is 0.756. The van der Waals surface area contributed by atoms with E-state index in [1.807, 2.05) is 0 Å². The van der Waals surface area contributed by atoms with Gasteiger partial charge in [-0.25, -0.2) is 0 Å². The van der Waals surface area contributed by atoms with Gasteiger partial charge in [0.2, 0.25) is 23.6 Å². The van der Waals surface area contributed by atoms with Crippen LogP contribution in [0.1, 0.15) is 34.6 Å². The molecule has 0 saturated carbocycles. The zero-order chi connectivity index (χ0) is 97.8. The predicted molar refractivity (Wildman–Crippen MR) is 407 cm³/mol. The summed E-state index contributed by atoms with van der Waals surface area (Å²) in [5.74, 6) is -3.87. The standard InChI is InChI=1S/C74H124N4O55/c1-16-35(91)46(102)51(107)68(115-16)113-15-30-59(42(98)31(64(112)116-30)75-17(2)87)126-65-32(76-18(3)88)43(99)58(27(12-85)122-65)129-72-55(111)61(131-74-63(50(106)39(95)24(9-82)121-74)133-67-34(78-20(5)90)44(100)56(26(11-84)124-67)127-69-52(108)47(103)36(92)21(6-79)117-69)41(97)29(125-72)14-114-73-62(49(105)38(94)23(8-81)120-73)132-66-33(77-19(4)89)45(101)57(28(13-86)123-66)128-71-54(110)60(40(96)25(10-83)119-71)130-70-53(109)48(104)37(93)22(7-80)118-70/h16,21-74,79-86,91-112H,6-15H2,1-5H3,(H,75,87)(H,76,88)(H,77,89)(H,78,90)/t16-,21+,22+,23+,24+,25+,26+,27+,28+,29+,30+,31+,32+,33+,34-,35+,36-,37-,38+,39+,40-,41+,42+,43+,44+,45+,46+,47-,48-,49-,50-,51-,52+,53+,54+,55-,56+,57+,58+,59+,60-,61-,62-,63-,64+,65-,66-,67-,68+,69-,70+,71-,72-,73-,74+/m0/s1. The Kier molecular flexibility index (Phi) is 39.1. The van der Waals surface area contributed by atoms with Crippen LogP contribution in [0.3, 0.4) is 0 Å². The topological polar surface area (TPSA) is 917 Å². The van der Waals surface area contributed by atoms with Crippen LogP contribution in [-0.4, -0.2) is 580 Å². The molecule has 34 N–H and O–H groups in total. The normalized spacial score (nSPS) is 50.1. The number of hydrogen-bond acceptors (Lipinski definition) is 55. The fourth-order valence-electron chi connectivity index (χ4n) is 17.3. The van der Waals surface area contributed by atoms with E-state index in [2.05, 4.69) is 21.3 Å². The molecule has 55 atom stereocenters. The lowest BCUT2D eigenvalue weighted by Crippen LogP contribution is -2.71. The minimum absolute atomic E-state index is 0.859. The maximum absolute atomic E-state index is 13.3. The van der Waals surface area contributed by atoms with Gasteiger partial charge >= 0.3 is 0 Å². The lowest BCUT2D eigenvalue weighted by atomic mass is 9.93. The summed E-state index contributed by atoms with van der Waals surface area (Å²) in [5.41, 5.74) is 0. The highest BCUT2D eigenvalue weighted by atomic mass is 16.8. The minimum Gasteiger partial charge on any atom is -0.394 e. The van der Waals surface area contributed by atoms with Crippen LogP contribution in [0.4, 0.5) is 0 Å². The number of aliphatic hydroxyl groups excluding tert-OH is 30. The van der Waals surface area contributed by atoms with Gasteiger partial charge in [0.15, 0.2) is 69.2 Å². The zero-order valence-corrected chi connectivity index (χ0v) is 71.4. The first-order valence-electron chi connectivity index (χ1n) is 42.5. The van der Waals surface area contributed by atoms with Crippen molar-refractivity contribution >= 4 is 23.6 Å². The van der Waals surface area contributed by atoms with Gasteiger partial charge in [0, 0.05) is 27.7 Å². The molecule has 4 amide bonds. The lowest BCUT2D eigenvalue weighted by molar-refractivity contribution is -0.399. The lowest BCUT2D eigenvalue weighted by Gasteiger charge is -2.51. The smallest absolute Gasteiger partial charge is 0.217 e. The van der Waals surface area contributed by atoms with Crippen LogP contribution < -0.4 is 21.3 Å². The molecule has 11 rings (SSSR count). The maximum Gasteiger partial charge on any atom is 0.217 e. The molecule has 0 bridgehead atoms. The summed E-state index contributed by atoms with van der Waals surface area (Å²) >= 11 is 0. The van der Waals surface area contributed by atoms with E-state index >= 15 is 0 Å². The summed E-state index contributed by atoms with van der Waals surface area (Å²) in [7, 11) is 0. The SMILES string of the molecule is CC(=O)N[C@@H]1[C@H](O[C@@H]2[C@@H](O[C@@H]3[C@H](O)[C@H](O[C@H]4[C@H](O)[C@@H](NC(C)=O)[C@H](O[C@H]5[C@H](O)[C@@H](NC(C)=O)[C@H](O)O[C@@H]5CO[C@@H]5O[C@@H](C)[C@@H](O)[C@@H](O)[C@@H]5O)O[C@@H]4CO)O[C@H](CO[C@H]4O[C@H](CO)[C@@H](O)[C@H](O)[C@@H]4O[C@@H]4O[C@H](CO)[C@@H](O[C@@H]5O[C@H](CO)[C@H](O)[C@H](O[C@H]6O[C@H](CO)[C@H](O)[C@H](O)[C@H]6O)[C@H]5O)[C@H](O)[C@H]4NC(C)=O)[C@H]3O)O[C@H](CO)[C@@H](O)[C@@H]2O)O[C@H](CO)[C@@H](O[C@@H]2O[C@H](CO)[C@H](O)[C@H](O)[C@H]2O)[C@@H]1O. The van der Waals surface area contributed by atoms with Crippen molar-refractivity contribution in [1.29, 1.82) is 0 Å². The fourth-order valence-corrected chi connectivity index (χ4v) is 17.3. The summed E-state index contributed by atoms with van der Waals surface area (Å²) in [6.45, 7) is -6.29. The minimum atomic E-state index is -2.66. The van der Waals surface area contributed by atoms with Crippen LogP contribution in [0.5, 0.6) is 0 Å². The van der Waals surface area contributed by atoms with Gasteiger partial charge in [-0.1, -0.05) is 0 Å². The zero-order valence-electron chi connectivity index (χ0n) is 71.4. The van der Waals surface area contributed by atoms with E-state index in [1.165, 1.54) is 6.92 Å². The van der Waals surface area contributed by atoms with Crippen LogP contribution in [0.15, 0.2) is 0 Å². The van der Waals surface area contributed by atoms with Crippen LogP contribution in [0.25, 0.3) is 0 Å². The van der Waals surface area contributed by atoms with Gasteiger partial charge in [-0.05, 0) is 6.92 Å². The number of carbonyl (C=O) groups excluding carboxylic acids is 4. The summed E-state index contributed by atoms with van der Waals surface area (Å²) in [5, 5.41) is 345. The fraction of sp³-hybridized carbons (Fsp3) is 0.946. The highest BCUT2D eigenvalue weighted by molar-refractivity contribution is 5.74. The first-order chi connectivity index (χ1) is 62.9. The van der Waals surface area contributed by atoms with Gasteiger partial charge in [0.25, 0.3) is 0 Å². The van der Waals surface area contributed by atoms with E-state index < -0.39 is 427 Å². The summed E-state index contributed by atoms with van der Waals surface area (Å²) < 4.78 is 125. The van der Waals surface area contributed by atoms with Crippen LogP contribution >= 0.6 is 0 Å². The van der Waals surface area contributed by atoms with E-state index in [1.54, 1.807) is 0 Å².